The monoisotopic (exact) mass is 277 g/mol. The first-order valence-corrected chi connectivity index (χ1v) is 6.68. The largest absolute Gasteiger partial charge is 0.496 e. The summed E-state index contributed by atoms with van der Waals surface area (Å²) in [7, 11) is 1.52. The highest BCUT2D eigenvalue weighted by molar-refractivity contribution is 7.09. The maximum atomic E-state index is 12.0. The molecule has 0 unspecified atom stereocenters. The number of aromatic nitrogens is 1. The standard InChI is InChI=1S/C13H15N3O2S/c1-18-11-8-9(14)2-3-10(11)13(17)16-5-4-12-15-6-7-19-12/h2-3,6-8H,4-5,14H2,1H3,(H,16,17). The zero-order chi connectivity index (χ0) is 13.7. The molecule has 0 saturated carbocycles. The van der Waals surface area contributed by atoms with E-state index in [0.29, 0.717) is 23.5 Å². The molecule has 3 N–H and O–H groups in total. The molecule has 1 amide bonds. The number of carbonyl (C=O) groups excluding carboxylic acids is 1. The second kappa shape index (κ2) is 6.19. The molecule has 100 valence electrons. The van der Waals surface area contributed by atoms with Gasteiger partial charge in [0.05, 0.1) is 17.7 Å². The molecule has 0 atom stereocenters. The maximum Gasteiger partial charge on any atom is 0.255 e. The van der Waals surface area contributed by atoms with E-state index in [0.717, 1.165) is 11.4 Å². The summed E-state index contributed by atoms with van der Waals surface area (Å²) in [5.74, 6) is 0.306. The van der Waals surface area contributed by atoms with Gasteiger partial charge in [-0.25, -0.2) is 4.98 Å². The molecule has 0 radical (unpaired) electrons. The molecule has 2 aromatic rings. The second-order valence-electron chi connectivity index (χ2n) is 3.89. The Bertz CT molecular complexity index is 555. The van der Waals surface area contributed by atoms with Gasteiger partial charge in [-0.2, -0.15) is 0 Å². The van der Waals surface area contributed by atoms with Crippen molar-refractivity contribution in [2.24, 2.45) is 0 Å². The number of hydrogen-bond acceptors (Lipinski definition) is 5. The van der Waals surface area contributed by atoms with E-state index in [1.54, 1.807) is 35.7 Å². The van der Waals surface area contributed by atoms with Gasteiger partial charge < -0.3 is 15.8 Å². The average Bonchev–Trinajstić information content (AvgIpc) is 2.91. The summed E-state index contributed by atoms with van der Waals surface area (Å²) in [6.45, 7) is 0.542. The van der Waals surface area contributed by atoms with Crippen molar-refractivity contribution in [3.63, 3.8) is 0 Å². The van der Waals surface area contributed by atoms with Crippen molar-refractivity contribution in [2.75, 3.05) is 19.4 Å². The summed E-state index contributed by atoms with van der Waals surface area (Å²) in [6.07, 6.45) is 2.48. The van der Waals surface area contributed by atoms with Crippen LogP contribution in [0, 0.1) is 0 Å². The molecular formula is C13H15N3O2S. The lowest BCUT2D eigenvalue weighted by atomic mass is 10.1. The van der Waals surface area contributed by atoms with Crippen LogP contribution in [0.15, 0.2) is 29.8 Å². The zero-order valence-electron chi connectivity index (χ0n) is 10.6. The van der Waals surface area contributed by atoms with E-state index in [9.17, 15) is 4.79 Å². The molecule has 0 aliphatic carbocycles. The topological polar surface area (TPSA) is 77.2 Å². The minimum atomic E-state index is -0.173. The molecule has 0 saturated heterocycles. The van der Waals surface area contributed by atoms with Crippen LogP contribution in [0.2, 0.25) is 0 Å². The first kappa shape index (κ1) is 13.4. The van der Waals surface area contributed by atoms with Gasteiger partial charge in [-0.1, -0.05) is 0 Å². The van der Waals surface area contributed by atoms with E-state index in [2.05, 4.69) is 10.3 Å². The minimum Gasteiger partial charge on any atom is -0.496 e. The summed E-state index contributed by atoms with van der Waals surface area (Å²) in [4.78, 5) is 16.2. The SMILES string of the molecule is COc1cc(N)ccc1C(=O)NCCc1nccs1. The van der Waals surface area contributed by atoms with Gasteiger partial charge in [0.25, 0.3) is 5.91 Å². The summed E-state index contributed by atoms with van der Waals surface area (Å²) in [5, 5.41) is 5.76. The molecular weight excluding hydrogens is 262 g/mol. The van der Waals surface area contributed by atoms with Gasteiger partial charge in [0.15, 0.2) is 0 Å². The third-order valence-corrected chi connectivity index (χ3v) is 3.42. The molecule has 1 aromatic heterocycles. The van der Waals surface area contributed by atoms with Crippen LogP contribution in [-0.4, -0.2) is 24.5 Å². The third-order valence-electron chi connectivity index (χ3n) is 2.58. The van der Waals surface area contributed by atoms with Crippen molar-refractivity contribution in [2.45, 2.75) is 6.42 Å². The van der Waals surface area contributed by atoms with Crippen LogP contribution in [0.1, 0.15) is 15.4 Å². The highest BCUT2D eigenvalue weighted by atomic mass is 32.1. The maximum absolute atomic E-state index is 12.0. The Morgan fingerprint density at radius 2 is 2.37 bits per heavy atom. The Hall–Kier alpha value is -2.08. The number of nitrogens with zero attached hydrogens (tertiary/aromatic N) is 1. The number of rotatable bonds is 5. The number of benzene rings is 1. The van der Waals surface area contributed by atoms with Crippen LogP contribution >= 0.6 is 11.3 Å². The van der Waals surface area contributed by atoms with E-state index in [-0.39, 0.29) is 5.91 Å². The number of nitrogens with two attached hydrogens (primary N) is 1. The van der Waals surface area contributed by atoms with Gasteiger partial charge in [-0.05, 0) is 12.1 Å². The molecule has 2 rings (SSSR count). The van der Waals surface area contributed by atoms with E-state index in [4.69, 9.17) is 10.5 Å². The van der Waals surface area contributed by atoms with E-state index < -0.39 is 0 Å². The number of ether oxygens (including phenoxy) is 1. The van der Waals surface area contributed by atoms with E-state index >= 15 is 0 Å². The lowest BCUT2D eigenvalue weighted by Gasteiger charge is -2.09. The number of nitrogens with one attached hydrogen (secondary N) is 1. The lowest BCUT2D eigenvalue weighted by molar-refractivity contribution is 0.0951. The molecule has 0 spiro atoms. The number of hydrogen-bond donors (Lipinski definition) is 2. The van der Waals surface area contributed by atoms with Gasteiger partial charge >= 0.3 is 0 Å². The number of thiazole rings is 1. The van der Waals surface area contributed by atoms with Crippen molar-refractivity contribution >= 4 is 22.9 Å². The predicted octanol–water partition coefficient (Wildman–Crippen LogP) is 1.71. The zero-order valence-corrected chi connectivity index (χ0v) is 11.4. The van der Waals surface area contributed by atoms with Gasteiger partial charge in [0.2, 0.25) is 0 Å². The summed E-state index contributed by atoms with van der Waals surface area (Å²) < 4.78 is 5.15. The smallest absolute Gasteiger partial charge is 0.255 e. The molecule has 0 aliphatic rings. The van der Waals surface area contributed by atoms with Crippen molar-refractivity contribution in [1.29, 1.82) is 0 Å². The number of amides is 1. The molecule has 0 aliphatic heterocycles. The average molecular weight is 277 g/mol. The van der Waals surface area contributed by atoms with Crippen LogP contribution in [0.25, 0.3) is 0 Å². The van der Waals surface area contributed by atoms with E-state index in [1.807, 2.05) is 5.38 Å². The van der Waals surface area contributed by atoms with Gasteiger partial charge in [0, 0.05) is 36.3 Å². The first-order valence-electron chi connectivity index (χ1n) is 5.81. The Balaban J connectivity index is 1.96. The van der Waals surface area contributed by atoms with Crippen molar-refractivity contribution in [1.82, 2.24) is 10.3 Å². The highest BCUT2D eigenvalue weighted by Crippen LogP contribution is 2.21. The van der Waals surface area contributed by atoms with E-state index in [1.165, 1.54) is 7.11 Å². The van der Waals surface area contributed by atoms with Gasteiger partial charge in [-0.3, -0.25) is 4.79 Å². The highest BCUT2D eigenvalue weighted by Gasteiger charge is 2.11. The fraction of sp³-hybridized carbons (Fsp3) is 0.231. The van der Waals surface area contributed by atoms with Crippen LogP contribution in [-0.2, 0) is 6.42 Å². The lowest BCUT2D eigenvalue weighted by Crippen LogP contribution is -2.26. The number of anilines is 1. The van der Waals surface area contributed by atoms with Crippen molar-refractivity contribution in [3.8, 4) is 5.75 Å². The molecule has 5 nitrogen and oxygen atoms in total. The number of carbonyl (C=O) groups is 1. The normalized spacial score (nSPS) is 10.2. The quantitative estimate of drug-likeness (QED) is 0.816. The summed E-state index contributed by atoms with van der Waals surface area (Å²) in [6, 6.07) is 4.97. The van der Waals surface area contributed by atoms with Crippen LogP contribution in [0.5, 0.6) is 5.75 Å². The summed E-state index contributed by atoms with van der Waals surface area (Å²) >= 11 is 1.58. The fourth-order valence-corrected chi connectivity index (χ4v) is 2.27. The molecule has 6 heteroatoms. The third kappa shape index (κ3) is 3.45. The fourth-order valence-electron chi connectivity index (χ4n) is 1.65. The van der Waals surface area contributed by atoms with Crippen LogP contribution in [0.4, 0.5) is 5.69 Å². The van der Waals surface area contributed by atoms with Crippen LogP contribution in [0.3, 0.4) is 0 Å². The first-order chi connectivity index (χ1) is 9.20. The Morgan fingerprint density at radius 3 is 3.05 bits per heavy atom. The second-order valence-corrected chi connectivity index (χ2v) is 4.87. The van der Waals surface area contributed by atoms with Crippen molar-refractivity contribution in [3.05, 3.63) is 40.3 Å². The predicted molar refractivity (Wildman–Crippen MR) is 75.6 cm³/mol. The summed E-state index contributed by atoms with van der Waals surface area (Å²) in [5.41, 5.74) is 6.70. The minimum absolute atomic E-state index is 0.173. The van der Waals surface area contributed by atoms with Crippen molar-refractivity contribution < 1.29 is 9.53 Å². The molecule has 1 aromatic carbocycles. The molecule has 19 heavy (non-hydrogen) atoms. The molecule has 1 heterocycles. The van der Waals surface area contributed by atoms with Gasteiger partial charge in [0.1, 0.15) is 5.75 Å². The Labute approximate surface area is 115 Å². The molecule has 0 bridgehead atoms. The van der Waals surface area contributed by atoms with Crippen LogP contribution < -0.4 is 15.8 Å². The van der Waals surface area contributed by atoms with Gasteiger partial charge in [-0.15, -0.1) is 11.3 Å². The number of nitrogen functional groups attached to an aromatic ring is 1. The number of methoxy groups -OCH3 is 1. The Morgan fingerprint density at radius 1 is 1.53 bits per heavy atom. The Kier molecular flexibility index (Phi) is 4.35. The molecule has 0 fully saturated rings.